The van der Waals surface area contributed by atoms with E-state index in [2.05, 4.69) is 13.8 Å². The highest BCUT2D eigenvalue weighted by Gasteiger charge is 2.16. The summed E-state index contributed by atoms with van der Waals surface area (Å²) in [5.74, 6) is 1.64. The minimum atomic E-state index is 0.810. The van der Waals surface area contributed by atoms with Gasteiger partial charge in [-0.3, -0.25) is 0 Å². The lowest BCUT2D eigenvalue weighted by Crippen LogP contribution is -2.21. The van der Waals surface area contributed by atoms with Crippen molar-refractivity contribution in [1.82, 2.24) is 0 Å². The van der Waals surface area contributed by atoms with Crippen LogP contribution in [0.25, 0.3) is 0 Å². The molecule has 0 radical (unpaired) electrons. The Morgan fingerprint density at radius 1 is 1.27 bits per heavy atom. The maximum absolute atomic E-state index is 5.34. The summed E-state index contributed by atoms with van der Waals surface area (Å²) in [6, 6.07) is 0. The predicted octanol–water partition coefficient (Wildman–Crippen LogP) is 3.10. The molecule has 1 rings (SSSR count). The predicted molar refractivity (Wildman–Crippen MR) is 49.7 cm³/mol. The standard InChI is InChI=1S/C8H16O.C2H6/c1-7(2)8-4-3-5-9-6-8;1-2/h7-8H,3-6H2,1-2H3;1-2H3. The van der Waals surface area contributed by atoms with Crippen LogP contribution in [0.3, 0.4) is 0 Å². The van der Waals surface area contributed by atoms with Crippen LogP contribution in [-0.2, 0) is 4.74 Å². The molecule has 1 unspecified atom stereocenters. The summed E-state index contributed by atoms with van der Waals surface area (Å²) in [6.07, 6.45) is 2.64. The van der Waals surface area contributed by atoms with Crippen LogP contribution < -0.4 is 0 Å². The molecule has 0 N–H and O–H groups in total. The summed E-state index contributed by atoms with van der Waals surface area (Å²) in [5, 5.41) is 0. The van der Waals surface area contributed by atoms with E-state index in [1.807, 2.05) is 13.8 Å². The highest BCUT2D eigenvalue weighted by Crippen LogP contribution is 2.20. The molecule has 1 aliphatic rings. The summed E-state index contributed by atoms with van der Waals surface area (Å²) < 4.78 is 5.34. The average Bonchev–Trinajstić information content (AvgIpc) is 2.10. The Morgan fingerprint density at radius 3 is 2.18 bits per heavy atom. The Kier molecular flexibility index (Phi) is 6.63. The molecule has 0 aliphatic carbocycles. The molecular formula is C10H22O. The van der Waals surface area contributed by atoms with Gasteiger partial charge >= 0.3 is 0 Å². The summed E-state index contributed by atoms with van der Waals surface area (Å²) >= 11 is 0. The van der Waals surface area contributed by atoms with Crippen molar-refractivity contribution in [3.8, 4) is 0 Å². The molecule has 0 spiro atoms. The van der Waals surface area contributed by atoms with E-state index in [-0.39, 0.29) is 0 Å². The first kappa shape index (κ1) is 11.0. The lowest BCUT2D eigenvalue weighted by Gasteiger charge is -2.24. The van der Waals surface area contributed by atoms with E-state index in [0.717, 1.165) is 25.0 Å². The van der Waals surface area contributed by atoms with E-state index in [4.69, 9.17) is 4.74 Å². The maximum atomic E-state index is 5.34. The minimum absolute atomic E-state index is 0.810. The summed E-state index contributed by atoms with van der Waals surface area (Å²) in [4.78, 5) is 0. The quantitative estimate of drug-likeness (QED) is 0.570. The third-order valence-corrected chi connectivity index (χ3v) is 2.14. The van der Waals surface area contributed by atoms with Gasteiger partial charge in [-0.05, 0) is 24.7 Å². The van der Waals surface area contributed by atoms with Crippen molar-refractivity contribution in [2.45, 2.75) is 40.5 Å². The first-order valence-electron chi connectivity index (χ1n) is 4.88. The van der Waals surface area contributed by atoms with Crippen molar-refractivity contribution < 1.29 is 4.74 Å². The monoisotopic (exact) mass is 158 g/mol. The first-order chi connectivity index (χ1) is 5.30. The molecule has 0 saturated carbocycles. The molecular weight excluding hydrogens is 136 g/mol. The molecule has 68 valence electrons. The molecule has 1 saturated heterocycles. The van der Waals surface area contributed by atoms with Gasteiger partial charge in [0.05, 0.1) is 0 Å². The molecule has 0 bridgehead atoms. The number of rotatable bonds is 1. The van der Waals surface area contributed by atoms with Gasteiger partial charge in [-0.15, -0.1) is 0 Å². The van der Waals surface area contributed by atoms with E-state index in [0.29, 0.717) is 0 Å². The number of hydrogen-bond donors (Lipinski definition) is 0. The SMILES string of the molecule is CC.CC(C)C1CCCOC1. The highest BCUT2D eigenvalue weighted by atomic mass is 16.5. The molecule has 0 amide bonds. The number of ether oxygens (including phenoxy) is 1. The largest absolute Gasteiger partial charge is 0.381 e. The van der Waals surface area contributed by atoms with Gasteiger partial charge in [0.15, 0.2) is 0 Å². The number of hydrogen-bond acceptors (Lipinski definition) is 1. The van der Waals surface area contributed by atoms with Gasteiger partial charge in [0.1, 0.15) is 0 Å². The highest BCUT2D eigenvalue weighted by molar-refractivity contribution is 4.65. The van der Waals surface area contributed by atoms with E-state index in [9.17, 15) is 0 Å². The minimum Gasteiger partial charge on any atom is -0.381 e. The van der Waals surface area contributed by atoms with E-state index < -0.39 is 0 Å². The fourth-order valence-corrected chi connectivity index (χ4v) is 1.29. The van der Waals surface area contributed by atoms with E-state index >= 15 is 0 Å². The van der Waals surface area contributed by atoms with Gasteiger partial charge in [-0.2, -0.15) is 0 Å². The Bertz CT molecular complexity index is 72.9. The van der Waals surface area contributed by atoms with Crippen LogP contribution in [0.1, 0.15) is 40.5 Å². The van der Waals surface area contributed by atoms with Gasteiger partial charge in [-0.1, -0.05) is 27.7 Å². The van der Waals surface area contributed by atoms with Crippen molar-refractivity contribution in [2.24, 2.45) is 11.8 Å². The van der Waals surface area contributed by atoms with Crippen LogP contribution in [0, 0.1) is 11.8 Å². The van der Waals surface area contributed by atoms with E-state index in [1.54, 1.807) is 0 Å². The molecule has 1 fully saturated rings. The molecule has 0 aromatic rings. The van der Waals surface area contributed by atoms with Gasteiger partial charge in [-0.25, -0.2) is 0 Å². The maximum Gasteiger partial charge on any atom is 0.0496 e. The fraction of sp³-hybridized carbons (Fsp3) is 1.00. The molecule has 1 heterocycles. The molecule has 0 aromatic carbocycles. The molecule has 1 aliphatic heterocycles. The smallest absolute Gasteiger partial charge is 0.0496 e. The van der Waals surface area contributed by atoms with Crippen LogP contribution in [0.15, 0.2) is 0 Å². The van der Waals surface area contributed by atoms with Crippen LogP contribution >= 0.6 is 0 Å². The van der Waals surface area contributed by atoms with Gasteiger partial charge in [0.25, 0.3) is 0 Å². The zero-order chi connectivity index (χ0) is 8.69. The Balaban J connectivity index is 0.000000461. The van der Waals surface area contributed by atoms with Crippen molar-refractivity contribution in [3.05, 3.63) is 0 Å². The first-order valence-corrected chi connectivity index (χ1v) is 4.88. The third kappa shape index (κ3) is 4.41. The second kappa shape index (κ2) is 6.66. The van der Waals surface area contributed by atoms with Crippen molar-refractivity contribution >= 4 is 0 Å². The Morgan fingerprint density at radius 2 is 1.91 bits per heavy atom. The molecule has 1 nitrogen and oxygen atoms in total. The Hall–Kier alpha value is -0.0400. The second-order valence-electron chi connectivity index (χ2n) is 3.22. The zero-order valence-electron chi connectivity index (χ0n) is 8.39. The van der Waals surface area contributed by atoms with Crippen LogP contribution in [0.5, 0.6) is 0 Å². The average molecular weight is 158 g/mol. The summed E-state index contributed by atoms with van der Waals surface area (Å²) in [6.45, 7) is 10.5. The van der Waals surface area contributed by atoms with Crippen LogP contribution in [0.4, 0.5) is 0 Å². The second-order valence-corrected chi connectivity index (χ2v) is 3.22. The lowest BCUT2D eigenvalue weighted by atomic mass is 9.91. The summed E-state index contributed by atoms with van der Waals surface area (Å²) in [5.41, 5.74) is 0. The van der Waals surface area contributed by atoms with E-state index in [1.165, 1.54) is 12.8 Å². The summed E-state index contributed by atoms with van der Waals surface area (Å²) in [7, 11) is 0. The topological polar surface area (TPSA) is 9.23 Å². The van der Waals surface area contributed by atoms with Crippen molar-refractivity contribution in [2.75, 3.05) is 13.2 Å². The molecule has 0 aromatic heterocycles. The Labute approximate surface area is 71.1 Å². The molecule has 11 heavy (non-hydrogen) atoms. The van der Waals surface area contributed by atoms with Crippen molar-refractivity contribution in [3.63, 3.8) is 0 Å². The van der Waals surface area contributed by atoms with Gasteiger partial charge < -0.3 is 4.74 Å². The van der Waals surface area contributed by atoms with Crippen molar-refractivity contribution in [1.29, 1.82) is 0 Å². The third-order valence-electron chi connectivity index (χ3n) is 2.14. The van der Waals surface area contributed by atoms with Crippen LogP contribution in [-0.4, -0.2) is 13.2 Å². The van der Waals surface area contributed by atoms with Gasteiger partial charge in [0.2, 0.25) is 0 Å². The lowest BCUT2D eigenvalue weighted by molar-refractivity contribution is 0.0373. The molecule has 1 heteroatoms. The van der Waals surface area contributed by atoms with Crippen LogP contribution in [0.2, 0.25) is 0 Å². The normalized spacial score (nSPS) is 24.3. The zero-order valence-corrected chi connectivity index (χ0v) is 8.39. The van der Waals surface area contributed by atoms with Gasteiger partial charge in [0, 0.05) is 13.2 Å². The fourth-order valence-electron chi connectivity index (χ4n) is 1.29. The molecule has 1 atom stereocenters.